The van der Waals surface area contributed by atoms with Gasteiger partial charge in [0.15, 0.2) is 0 Å². The normalized spacial score (nSPS) is 20.9. The lowest BCUT2D eigenvalue weighted by Crippen LogP contribution is -2.31. The maximum atomic E-state index is 12.4. The third-order valence-electron chi connectivity index (χ3n) is 3.14. The Morgan fingerprint density at radius 1 is 1.37 bits per heavy atom. The lowest BCUT2D eigenvalue weighted by Gasteiger charge is -2.15. The van der Waals surface area contributed by atoms with Crippen LogP contribution in [0.2, 0.25) is 0 Å². The third-order valence-corrected chi connectivity index (χ3v) is 5.16. The number of carboxylic acids is 1. The average Bonchev–Trinajstić information content (AvgIpc) is 2.82. The van der Waals surface area contributed by atoms with Crippen LogP contribution in [-0.4, -0.2) is 48.1 Å². The molecule has 0 spiro atoms. The Morgan fingerprint density at radius 2 is 2.00 bits per heavy atom. The highest BCUT2D eigenvalue weighted by molar-refractivity contribution is 7.89. The lowest BCUT2D eigenvalue weighted by atomic mass is 10.2. The average molecular weight is 289 g/mol. The van der Waals surface area contributed by atoms with Crippen molar-refractivity contribution in [2.75, 3.05) is 13.1 Å². The molecule has 0 amide bonds. The number of aliphatic hydroxyl groups excluding tert-OH is 1. The Bertz CT molecular complexity index is 617. The minimum Gasteiger partial charge on any atom is -0.478 e. The fourth-order valence-corrected chi connectivity index (χ4v) is 4.15. The van der Waals surface area contributed by atoms with Crippen molar-refractivity contribution in [2.45, 2.75) is 31.3 Å². The molecule has 1 aromatic heterocycles. The third kappa shape index (κ3) is 2.26. The van der Waals surface area contributed by atoms with E-state index < -0.39 is 22.1 Å². The van der Waals surface area contributed by atoms with Gasteiger partial charge >= 0.3 is 5.97 Å². The zero-order chi connectivity index (χ0) is 14.4. The Labute approximate surface area is 110 Å². The second kappa shape index (κ2) is 4.62. The van der Waals surface area contributed by atoms with Crippen molar-refractivity contribution >= 4 is 16.0 Å². The molecule has 1 aliphatic rings. The molecular weight excluding hydrogens is 274 g/mol. The Hall–Kier alpha value is -1.38. The maximum absolute atomic E-state index is 12.4. The van der Waals surface area contributed by atoms with E-state index in [-0.39, 0.29) is 35.1 Å². The molecule has 1 saturated heterocycles. The smallest absolute Gasteiger partial charge is 0.340 e. The molecule has 2 N–H and O–H groups in total. The SMILES string of the molecule is Cc1oc(C)c(S(=O)(=O)N2CC[C@H](O)C2)c1C(=O)O. The first-order chi connectivity index (χ1) is 8.75. The van der Waals surface area contributed by atoms with Crippen molar-refractivity contribution in [3.63, 3.8) is 0 Å². The minimum atomic E-state index is -3.96. The van der Waals surface area contributed by atoms with E-state index in [1.54, 1.807) is 0 Å². The fraction of sp³-hybridized carbons (Fsp3) is 0.545. The van der Waals surface area contributed by atoms with Crippen molar-refractivity contribution in [3.8, 4) is 0 Å². The molecule has 19 heavy (non-hydrogen) atoms. The molecule has 7 nitrogen and oxygen atoms in total. The largest absolute Gasteiger partial charge is 0.478 e. The van der Waals surface area contributed by atoms with Crippen molar-refractivity contribution < 1.29 is 27.8 Å². The molecule has 106 valence electrons. The van der Waals surface area contributed by atoms with E-state index in [4.69, 9.17) is 9.52 Å². The molecule has 1 aromatic rings. The zero-order valence-corrected chi connectivity index (χ0v) is 11.4. The topological polar surface area (TPSA) is 108 Å². The minimum absolute atomic E-state index is 0.0228. The highest BCUT2D eigenvalue weighted by Crippen LogP contribution is 2.30. The van der Waals surface area contributed by atoms with Crippen LogP contribution >= 0.6 is 0 Å². The Balaban J connectivity index is 2.55. The van der Waals surface area contributed by atoms with Crippen LogP contribution in [-0.2, 0) is 10.0 Å². The van der Waals surface area contributed by atoms with Gasteiger partial charge in [0.05, 0.1) is 6.10 Å². The number of nitrogens with zero attached hydrogens (tertiary/aromatic N) is 1. The predicted octanol–water partition coefficient (Wildman–Crippen LogP) is 0.350. The fourth-order valence-electron chi connectivity index (χ4n) is 2.28. The van der Waals surface area contributed by atoms with Crippen molar-refractivity contribution in [1.29, 1.82) is 0 Å². The summed E-state index contributed by atoms with van der Waals surface area (Å²) in [6, 6.07) is 0. The molecule has 0 aromatic carbocycles. The monoisotopic (exact) mass is 289 g/mol. The van der Waals surface area contributed by atoms with Gasteiger partial charge in [0.25, 0.3) is 0 Å². The van der Waals surface area contributed by atoms with Gasteiger partial charge in [-0.15, -0.1) is 0 Å². The number of carboxylic acid groups (broad SMARTS) is 1. The first-order valence-electron chi connectivity index (χ1n) is 5.76. The number of rotatable bonds is 3. The van der Waals surface area contributed by atoms with Crippen LogP contribution in [0.1, 0.15) is 28.3 Å². The van der Waals surface area contributed by atoms with Gasteiger partial charge in [0.2, 0.25) is 10.0 Å². The highest BCUT2D eigenvalue weighted by atomic mass is 32.2. The van der Waals surface area contributed by atoms with E-state index in [0.29, 0.717) is 6.42 Å². The van der Waals surface area contributed by atoms with Crippen LogP contribution < -0.4 is 0 Å². The molecule has 0 bridgehead atoms. The highest BCUT2D eigenvalue weighted by Gasteiger charge is 2.38. The first kappa shape index (κ1) is 14.0. The summed E-state index contributed by atoms with van der Waals surface area (Å²) in [5.41, 5.74) is -0.334. The number of carbonyl (C=O) groups is 1. The van der Waals surface area contributed by atoms with Crippen molar-refractivity contribution in [2.24, 2.45) is 0 Å². The van der Waals surface area contributed by atoms with E-state index >= 15 is 0 Å². The lowest BCUT2D eigenvalue weighted by molar-refractivity contribution is 0.0691. The summed E-state index contributed by atoms with van der Waals surface area (Å²) in [5, 5.41) is 18.5. The van der Waals surface area contributed by atoms with E-state index in [2.05, 4.69) is 0 Å². The number of aryl methyl sites for hydroxylation is 2. The standard InChI is InChI=1S/C11H15NO6S/c1-6-9(11(14)15)10(7(2)18-6)19(16,17)12-4-3-8(13)5-12/h8,13H,3-5H2,1-2H3,(H,14,15)/t8-/m0/s1. The number of hydrogen-bond acceptors (Lipinski definition) is 5. The Kier molecular flexibility index (Phi) is 3.41. The summed E-state index contributed by atoms with van der Waals surface area (Å²) < 4.78 is 31.1. The molecule has 0 radical (unpaired) electrons. The zero-order valence-electron chi connectivity index (χ0n) is 10.6. The molecule has 0 unspecified atom stereocenters. The summed E-state index contributed by atoms with van der Waals surface area (Å²) in [6.45, 7) is 2.98. The number of β-amino-alcohol motifs (C(OH)–C–C–N with tert-alkyl or cyclic N) is 1. The van der Waals surface area contributed by atoms with Crippen LogP contribution in [0.25, 0.3) is 0 Å². The van der Waals surface area contributed by atoms with Crippen LogP contribution in [0.5, 0.6) is 0 Å². The maximum Gasteiger partial charge on any atom is 0.340 e. The molecule has 2 rings (SSSR count). The molecule has 8 heteroatoms. The van der Waals surface area contributed by atoms with E-state index in [1.807, 2.05) is 0 Å². The quantitative estimate of drug-likeness (QED) is 0.831. The van der Waals surface area contributed by atoms with Gasteiger partial charge in [-0.25, -0.2) is 13.2 Å². The summed E-state index contributed by atoms with van der Waals surface area (Å²) >= 11 is 0. The van der Waals surface area contributed by atoms with Gasteiger partial charge in [-0.05, 0) is 20.3 Å². The van der Waals surface area contributed by atoms with Gasteiger partial charge in [-0.2, -0.15) is 4.31 Å². The van der Waals surface area contributed by atoms with E-state index in [9.17, 15) is 18.3 Å². The Morgan fingerprint density at radius 3 is 2.47 bits per heavy atom. The number of furan rings is 1. The first-order valence-corrected chi connectivity index (χ1v) is 7.20. The van der Waals surface area contributed by atoms with Crippen molar-refractivity contribution in [1.82, 2.24) is 4.31 Å². The van der Waals surface area contributed by atoms with Crippen LogP contribution in [0.4, 0.5) is 0 Å². The summed E-state index contributed by atoms with van der Waals surface area (Å²) in [7, 11) is -3.96. The summed E-state index contributed by atoms with van der Waals surface area (Å²) in [5.74, 6) is -1.23. The molecule has 1 fully saturated rings. The molecule has 2 heterocycles. The number of hydrogen-bond donors (Lipinski definition) is 2. The number of aromatic carboxylic acids is 1. The molecule has 0 saturated carbocycles. The van der Waals surface area contributed by atoms with Crippen LogP contribution in [0.3, 0.4) is 0 Å². The van der Waals surface area contributed by atoms with E-state index in [0.717, 1.165) is 4.31 Å². The van der Waals surface area contributed by atoms with Crippen LogP contribution in [0, 0.1) is 13.8 Å². The van der Waals surface area contributed by atoms with Gasteiger partial charge in [0.1, 0.15) is 22.0 Å². The van der Waals surface area contributed by atoms with Gasteiger partial charge in [-0.1, -0.05) is 0 Å². The second-order valence-corrected chi connectivity index (χ2v) is 6.40. The van der Waals surface area contributed by atoms with Gasteiger partial charge < -0.3 is 14.6 Å². The van der Waals surface area contributed by atoms with Gasteiger partial charge in [-0.3, -0.25) is 0 Å². The molecule has 1 atom stereocenters. The van der Waals surface area contributed by atoms with E-state index in [1.165, 1.54) is 13.8 Å². The number of aliphatic hydroxyl groups is 1. The predicted molar refractivity (Wildman–Crippen MR) is 64.5 cm³/mol. The van der Waals surface area contributed by atoms with Gasteiger partial charge in [0, 0.05) is 13.1 Å². The summed E-state index contributed by atoms with van der Waals surface area (Å²) in [6.07, 6.45) is -0.367. The summed E-state index contributed by atoms with van der Waals surface area (Å²) in [4.78, 5) is 10.9. The molecular formula is C11H15NO6S. The second-order valence-electron chi connectivity index (χ2n) is 4.53. The molecule has 0 aliphatic carbocycles. The van der Waals surface area contributed by atoms with Crippen LogP contribution in [0.15, 0.2) is 9.31 Å². The van der Waals surface area contributed by atoms with Crippen molar-refractivity contribution in [3.05, 3.63) is 17.1 Å². The number of sulfonamides is 1. The molecule has 1 aliphatic heterocycles.